The van der Waals surface area contributed by atoms with Gasteiger partial charge in [-0.05, 0) is 42.1 Å². The Labute approximate surface area is 163 Å². The predicted molar refractivity (Wildman–Crippen MR) is 109 cm³/mol. The van der Waals surface area contributed by atoms with E-state index in [0.717, 1.165) is 10.8 Å². The van der Waals surface area contributed by atoms with Gasteiger partial charge in [0.05, 0.1) is 11.8 Å². The van der Waals surface area contributed by atoms with E-state index in [1.165, 1.54) is 0 Å². The largest absolute Gasteiger partial charge is 0.426 e. The molecule has 28 heavy (non-hydrogen) atoms. The zero-order valence-electron chi connectivity index (χ0n) is 15.7. The van der Waals surface area contributed by atoms with Crippen molar-refractivity contribution in [1.82, 2.24) is 4.98 Å². The number of aromatic nitrogens is 1. The second-order valence-corrected chi connectivity index (χ2v) is 6.52. The van der Waals surface area contributed by atoms with Crippen molar-refractivity contribution in [3.05, 3.63) is 67.0 Å². The summed E-state index contributed by atoms with van der Waals surface area (Å²) in [4.78, 5) is 29.5. The van der Waals surface area contributed by atoms with Crippen LogP contribution < -0.4 is 15.8 Å². The number of amides is 1. The number of hydrogen-bond donors (Lipinski definition) is 2. The van der Waals surface area contributed by atoms with Crippen LogP contribution in [0.2, 0.25) is 0 Å². The highest BCUT2D eigenvalue weighted by atomic mass is 16.5. The number of rotatable bonds is 7. The topological polar surface area (TPSA) is 94.3 Å². The van der Waals surface area contributed by atoms with Crippen molar-refractivity contribution in [2.45, 2.75) is 13.3 Å². The Hall–Kier alpha value is -3.25. The molecule has 1 heterocycles. The van der Waals surface area contributed by atoms with Crippen LogP contribution in [-0.2, 0) is 9.59 Å². The van der Waals surface area contributed by atoms with Gasteiger partial charge >= 0.3 is 5.97 Å². The van der Waals surface area contributed by atoms with E-state index < -0.39 is 17.8 Å². The lowest BCUT2D eigenvalue weighted by Gasteiger charge is -2.23. The molecular weight excluding hydrogens is 354 g/mol. The molecule has 0 aliphatic rings. The molecule has 0 radical (unpaired) electrons. The number of hydrogen-bond acceptors (Lipinski definition) is 5. The predicted octanol–water partition coefficient (Wildman–Crippen LogP) is 3.38. The molecule has 0 spiro atoms. The van der Waals surface area contributed by atoms with Crippen molar-refractivity contribution in [3.63, 3.8) is 0 Å². The molecule has 6 nitrogen and oxygen atoms in total. The van der Waals surface area contributed by atoms with Gasteiger partial charge in [-0.15, -0.1) is 0 Å². The SMILES string of the molecule is CCC(C(=O)Oc1ccccc1)C(CN)C(=O)Nc1ccc2cnccc2c1. The summed E-state index contributed by atoms with van der Waals surface area (Å²) in [6.45, 7) is 1.89. The molecule has 1 aromatic heterocycles. The number of nitrogens with one attached hydrogen (secondary N) is 1. The molecule has 1 amide bonds. The Kier molecular flexibility index (Phi) is 6.34. The maximum absolute atomic E-state index is 12.8. The molecule has 3 rings (SSSR count). The van der Waals surface area contributed by atoms with Gasteiger partial charge in [0.2, 0.25) is 5.91 Å². The van der Waals surface area contributed by atoms with Gasteiger partial charge < -0.3 is 15.8 Å². The average Bonchev–Trinajstić information content (AvgIpc) is 2.72. The zero-order chi connectivity index (χ0) is 19.9. The lowest BCUT2D eigenvalue weighted by Crippen LogP contribution is -2.40. The molecule has 2 aromatic carbocycles. The van der Waals surface area contributed by atoms with Crippen molar-refractivity contribution in [2.24, 2.45) is 17.6 Å². The van der Waals surface area contributed by atoms with Crippen LogP contribution in [0.4, 0.5) is 5.69 Å². The molecule has 0 fully saturated rings. The first-order chi connectivity index (χ1) is 13.6. The van der Waals surface area contributed by atoms with Gasteiger partial charge in [0, 0.05) is 30.0 Å². The number of carbonyl (C=O) groups excluding carboxylic acids is 2. The fraction of sp³-hybridized carbons (Fsp3) is 0.227. The standard InChI is InChI=1S/C22H23N3O3/c1-2-19(22(27)28-18-6-4-3-5-7-18)20(13-23)21(26)25-17-9-8-16-14-24-11-10-15(16)12-17/h3-12,14,19-20H,2,13,23H2,1H3,(H,25,26). The first-order valence-corrected chi connectivity index (χ1v) is 9.23. The molecule has 6 heteroatoms. The fourth-order valence-corrected chi connectivity index (χ4v) is 3.15. The molecule has 2 unspecified atom stereocenters. The third kappa shape index (κ3) is 4.53. The van der Waals surface area contributed by atoms with E-state index in [1.54, 1.807) is 42.7 Å². The fourth-order valence-electron chi connectivity index (χ4n) is 3.15. The van der Waals surface area contributed by atoms with Crippen LogP contribution in [0.1, 0.15) is 13.3 Å². The van der Waals surface area contributed by atoms with Crippen LogP contribution in [0.25, 0.3) is 10.8 Å². The highest BCUT2D eigenvalue weighted by Gasteiger charge is 2.33. The van der Waals surface area contributed by atoms with Crippen molar-refractivity contribution < 1.29 is 14.3 Å². The molecule has 0 aliphatic carbocycles. The summed E-state index contributed by atoms with van der Waals surface area (Å²) in [5, 5.41) is 4.82. The number of nitrogens with two attached hydrogens (primary N) is 1. The van der Waals surface area contributed by atoms with Crippen LogP contribution >= 0.6 is 0 Å². The van der Waals surface area contributed by atoms with Crippen molar-refractivity contribution in [2.75, 3.05) is 11.9 Å². The van der Waals surface area contributed by atoms with E-state index in [-0.39, 0.29) is 12.5 Å². The second-order valence-electron chi connectivity index (χ2n) is 6.52. The number of pyridine rings is 1. The molecular formula is C22H23N3O3. The summed E-state index contributed by atoms with van der Waals surface area (Å²) in [6.07, 6.45) is 3.91. The Morgan fingerprint density at radius 1 is 1.07 bits per heavy atom. The average molecular weight is 377 g/mol. The van der Waals surface area contributed by atoms with Crippen LogP contribution in [0.5, 0.6) is 5.75 Å². The van der Waals surface area contributed by atoms with E-state index in [1.807, 2.05) is 31.2 Å². The lowest BCUT2D eigenvalue weighted by molar-refractivity contribution is -0.143. The molecule has 144 valence electrons. The third-order valence-corrected chi connectivity index (χ3v) is 4.69. The number of para-hydroxylation sites is 1. The third-order valence-electron chi connectivity index (χ3n) is 4.69. The maximum atomic E-state index is 12.8. The summed E-state index contributed by atoms with van der Waals surface area (Å²) in [6, 6.07) is 16.2. The van der Waals surface area contributed by atoms with Gasteiger partial charge in [-0.3, -0.25) is 14.6 Å². The molecule has 0 bridgehead atoms. The number of anilines is 1. The lowest BCUT2D eigenvalue weighted by atomic mass is 9.89. The minimum absolute atomic E-state index is 0.0474. The number of carbonyl (C=O) groups is 2. The Morgan fingerprint density at radius 3 is 2.57 bits per heavy atom. The minimum atomic E-state index is -0.686. The van der Waals surface area contributed by atoms with Crippen molar-refractivity contribution in [1.29, 1.82) is 0 Å². The van der Waals surface area contributed by atoms with Crippen molar-refractivity contribution in [3.8, 4) is 5.75 Å². The smallest absolute Gasteiger partial charge is 0.315 e. The van der Waals surface area contributed by atoms with E-state index >= 15 is 0 Å². The number of fused-ring (bicyclic) bond motifs is 1. The number of ether oxygens (including phenoxy) is 1. The van der Waals surface area contributed by atoms with Gasteiger partial charge in [0.15, 0.2) is 0 Å². The van der Waals surface area contributed by atoms with Gasteiger partial charge in [-0.25, -0.2) is 0 Å². The van der Waals surface area contributed by atoms with Gasteiger partial charge in [-0.1, -0.05) is 31.2 Å². The van der Waals surface area contributed by atoms with Gasteiger partial charge in [0.25, 0.3) is 0 Å². The molecule has 0 saturated carbocycles. The number of benzene rings is 2. The molecule has 3 aromatic rings. The van der Waals surface area contributed by atoms with E-state index in [4.69, 9.17) is 10.5 Å². The maximum Gasteiger partial charge on any atom is 0.315 e. The summed E-state index contributed by atoms with van der Waals surface area (Å²) >= 11 is 0. The van der Waals surface area contributed by atoms with E-state index in [9.17, 15) is 9.59 Å². The Morgan fingerprint density at radius 2 is 1.86 bits per heavy atom. The highest BCUT2D eigenvalue weighted by Crippen LogP contribution is 2.23. The Balaban J connectivity index is 1.73. The normalized spacial score (nSPS) is 12.9. The van der Waals surface area contributed by atoms with Crippen LogP contribution in [0.15, 0.2) is 67.0 Å². The molecule has 0 aliphatic heterocycles. The molecule has 3 N–H and O–H groups in total. The summed E-state index contributed by atoms with van der Waals surface area (Å²) in [5.41, 5.74) is 6.50. The van der Waals surface area contributed by atoms with Crippen molar-refractivity contribution >= 4 is 28.3 Å². The Bertz CT molecular complexity index is 959. The summed E-state index contributed by atoms with van der Waals surface area (Å²) < 4.78 is 5.43. The second kappa shape index (κ2) is 9.10. The monoisotopic (exact) mass is 377 g/mol. The molecule has 2 atom stereocenters. The van der Waals surface area contributed by atoms with E-state index in [0.29, 0.717) is 17.9 Å². The minimum Gasteiger partial charge on any atom is -0.426 e. The number of esters is 1. The van der Waals surface area contributed by atoms with Gasteiger partial charge in [-0.2, -0.15) is 0 Å². The first kappa shape index (κ1) is 19.5. The van der Waals surface area contributed by atoms with Crippen LogP contribution in [0.3, 0.4) is 0 Å². The van der Waals surface area contributed by atoms with Crippen LogP contribution in [-0.4, -0.2) is 23.4 Å². The summed E-state index contributed by atoms with van der Waals surface area (Å²) in [5.74, 6) is -1.62. The highest BCUT2D eigenvalue weighted by molar-refractivity contribution is 5.97. The zero-order valence-corrected chi connectivity index (χ0v) is 15.7. The quantitative estimate of drug-likeness (QED) is 0.486. The summed E-state index contributed by atoms with van der Waals surface area (Å²) in [7, 11) is 0. The van der Waals surface area contributed by atoms with Crippen LogP contribution in [0, 0.1) is 11.8 Å². The van der Waals surface area contributed by atoms with E-state index in [2.05, 4.69) is 10.3 Å². The molecule has 0 saturated heterocycles. The first-order valence-electron chi connectivity index (χ1n) is 9.23. The number of nitrogens with zero attached hydrogens (tertiary/aromatic N) is 1. The van der Waals surface area contributed by atoms with Gasteiger partial charge in [0.1, 0.15) is 5.75 Å².